The third-order valence-electron chi connectivity index (χ3n) is 3.58. The molecule has 116 valence electrons. The van der Waals surface area contributed by atoms with Crippen LogP contribution in [0, 0.1) is 0 Å². The number of aliphatic carboxylic acids is 1. The van der Waals surface area contributed by atoms with E-state index in [1.54, 1.807) is 0 Å². The number of ether oxygens (including phenoxy) is 1. The van der Waals surface area contributed by atoms with Crippen LogP contribution in [-0.4, -0.2) is 53.8 Å². The van der Waals surface area contributed by atoms with E-state index in [-0.39, 0.29) is 25.4 Å². The first kappa shape index (κ1) is 15.5. The number of hydrogen-bond acceptors (Lipinski definition) is 5. The molecule has 0 fully saturated rings. The van der Waals surface area contributed by atoms with Crippen LogP contribution in [0.3, 0.4) is 0 Å². The monoisotopic (exact) mass is 296 g/mol. The molecule has 1 aromatic heterocycles. The van der Waals surface area contributed by atoms with Gasteiger partial charge in [-0.2, -0.15) is 0 Å². The van der Waals surface area contributed by atoms with Gasteiger partial charge in [-0.1, -0.05) is 11.6 Å². The zero-order chi connectivity index (χ0) is 15.2. The third-order valence-corrected chi connectivity index (χ3v) is 3.58. The highest BCUT2D eigenvalue weighted by Crippen LogP contribution is 2.24. The van der Waals surface area contributed by atoms with E-state index in [1.165, 1.54) is 12.0 Å². The summed E-state index contributed by atoms with van der Waals surface area (Å²) >= 11 is 0. The highest BCUT2D eigenvalue weighted by atomic mass is 16.5. The lowest BCUT2D eigenvalue weighted by molar-refractivity contribution is -0.137. The van der Waals surface area contributed by atoms with Crippen LogP contribution in [0.1, 0.15) is 41.1 Å². The van der Waals surface area contributed by atoms with Crippen LogP contribution in [-0.2, 0) is 22.4 Å². The van der Waals surface area contributed by atoms with E-state index in [0.29, 0.717) is 0 Å². The molecule has 1 heterocycles. The van der Waals surface area contributed by atoms with E-state index in [1.807, 2.05) is 0 Å². The molecule has 1 aromatic rings. The number of nitrogens with zero attached hydrogens (tertiary/aromatic N) is 2. The Labute approximate surface area is 122 Å². The number of amides is 1. The van der Waals surface area contributed by atoms with Gasteiger partial charge in [0.1, 0.15) is 12.3 Å². The van der Waals surface area contributed by atoms with Crippen molar-refractivity contribution in [2.24, 2.45) is 0 Å². The second kappa shape index (κ2) is 7.21. The highest BCUT2D eigenvalue weighted by Gasteiger charge is 2.27. The molecule has 0 aliphatic heterocycles. The molecule has 0 radical (unpaired) electrons. The van der Waals surface area contributed by atoms with Crippen LogP contribution >= 0.6 is 0 Å². The Morgan fingerprint density at radius 1 is 1.33 bits per heavy atom. The summed E-state index contributed by atoms with van der Waals surface area (Å²) < 4.78 is 10.2. The predicted octanol–water partition coefficient (Wildman–Crippen LogP) is 1.12. The van der Waals surface area contributed by atoms with Crippen molar-refractivity contribution in [1.82, 2.24) is 10.1 Å². The number of carboxylic acid groups (broad SMARTS) is 1. The molecule has 21 heavy (non-hydrogen) atoms. The second-order valence-corrected chi connectivity index (χ2v) is 5.11. The standard InChI is InChI=1S/C14H20N2O5/c1-20-8-7-16(9-12(17)18)14(19)13-10-5-3-2-4-6-11(10)21-15-13/h2-9H2,1H3,(H,17,18). The van der Waals surface area contributed by atoms with Crippen LogP contribution in [0.2, 0.25) is 0 Å². The molecule has 2 rings (SSSR count). The lowest BCUT2D eigenvalue weighted by Gasteiger charge is -2.19. The summed E-state index contributed by atoms with van der Waals surface area (Å²) in [6, 6.07) is 0. The summed E-state index contributed by atoms with van der Waals surface area (Å²) in [5, 5.41) is 12.8. The van der Waals surface area contributed by atoms with Gasteiger partial charge in [-0.05, 0) is 19.3 Å². The molecule has 0 bridgehead atoms. The van der Waals surface area contributed by atoms with Gasteiger partial charge in [-0.25, -0.2) is 0 Å². The van der Waals surface area contributed by atoms with Gasteiger partial charge >= 0.3 is 5.97 Å². The van der Waals surface area contributed by atoms with E-state index in [0.717, 1.165) is 43.4 Å². The van der Waals surface area contributed by atoms with Crippen LogP contribution in [0.25, 0.3) is 0 Å². The predicted molar refractivity (Wildman–Crippen MR) is 73.2 cm³/mol. The Bertz CT molecular complexity index is 511. The van der Waals surface area contributed by atoms with E-state index in [9.17, 15) is 9.59 Å². The van der Waals surface area contributed by atoms with Crippen molar-refractivity contribution in [3.8, 4) is 0 Å². The normalized spacial score (nSPS) is 14.3. The molecular weight excluding hydrogens is 276 g/mol. The number of aromatic nitrogens is 1. The second-order valence-electron chi connectivity index (χ2n) is 5.11. The maximum Gasteiger partial charge on any atom is 0.323 e. The highest BCUT2D eigenvalue weighted by molar-refractivity contribution is 5.95. The van der Waals surface area contributed by atoms with E-state index < -0.39 is 11.9 Å². The van der Waals surface area contributed by atoms with Gasteiger partial charge in [0.25, 0.3) is 5.91 Å². The molecule has 1 aliphatic carbocycles. The first-order valence-electron chi connectivity index (χ1n) is 7.11. The summed E-state index contributed by atoms with van der Waals surface area (Å²) in [5.74, 6) is -0.701. The Hall–Kier alpha value is -1.89. The minimum absolute atomic E-state index is 0.212. The lowest BCUT2D eigenvalue weighted by atomic mass is 10.1. The van der Waals surface area contributed by atoms with E-state index >= 15 is 0 Å². The van der Waals surface area contributed by atoms with E-state index in [2.05, 4.69) is 5.16 Å². The molecule has 1 amide bonds. The summed E-state index contributed by atoms with van der Waals surface area (Å²) in [7, 11) is 1.51. The molecule has 7 heteroatoms. The van der Waals surface area contributed by atoms with Crippen LogP contribution < -0.4 is 0 Å². The Morgan fingerprint density at radius 2 is 2.10 bits per heavy atom. The number of carbonyl (C=O) groups is 2. The van der Waals surface area contributed by atoms with Crippen LogP contribution in [0.4, 0.5) is 0 Å². The first-order valence-corrected chi connectivity index (χ1v) is 7.11. The van der Waals surface area contributed by atoms with Crippen molar-refractivity contribution < 1.29 is 24.0 Å². The van der Waals surface area contributed by atoms with Crippen molar-refractivity contribution in [3.63, 3.8) is 0 Å². The molecule has 0 spiro atoms. The smallest absolute Gasteiger partial charge is 0.323 e. The maximum atomic E-state index is 12.5. The molecule has 1 N–H and O–H groups in total. The molecule has 0 unspecified atom stereocenters. The molecule has 0 saturated heterocycles. The molecule has 0 saturated carbocycles. The fourth-order valence-corrected chi connectivity index (χ4v) is 2.50. The van der Waals surface area contributed by atoms with Crippen molar-refractivity contribution in [2.45, 2.75) is 32.1 Å². The summed E-state index contributed by atoms with van der Waals surface area (Å²) in [5.41, 5.74) is 1.09. The Morgan fingerprint density at radius 3 is 2.81 bits per heavy atom. The van der Waals surface area contributed by atoms with Crippen LogP contribution in [0.5, 0.6) is 0 Å². The molecule has 0 atom stereocenters. The SMILES string of the molecule is COCCN(CC(=O)O)C(=O)c1noc2c1CCCCC2. The van der Waals surface area contributed by atoms with Gasteiger partial charge in [-0.3, -0.25) is 9.59 Å². The number of carbonyl (C=O) groups excluding carboxylic acids is 1. The maximum absolute atomic E-state index is 12.5. The molecule has 7 nitrogen and oxygen atoms in total. The van der Waals surface area contributed by atoms with Gasteiger partial charge in [0.05, 0.1) is 6.61 Å². The average Bonchev–Trinajstić information content (AvgIpc) is 2.71. The summed E-state index contributed by atoms with van der Waals surface area (Å²) in [6.07, 6.45) is 4.65. The Kier molecular flexibility index (Phi) is 5.32. The topological polar surface area (TPSA) is 92.9 Å². The minimum Gasteiger partial charge on any atom is -0.480 e. The quantitative estimate of drug-likeness (QED) is 0.791. The largest absolute Gasteiger partial charge is 0.480 e. The van der Waals surface area contributed by atoms with Crippen molar-refractivity contribution >= 4 is 11.9 Å². The number of hydrogen-bond donors (Lipinski definition) is 1. The van der Waals surface area contributed by atoms with Crippen molar-refractivity contribution in [3.05, 3.63) is 17.0 Å². The van der Waals surface area contributed by atoms with Gasteiger partial charge in [0, 0.05) is 25.6 Å². The number of aryl methyl sites for hydroxylation is 1. The number of fused-ring (bicyclic) bond motifs is 1. The molecular formula is C14H20N2O5. The zero-order valence-electron chi connectivity index (χ0n) is 12.1. The van der Waals surface area contributed by atoms with Gasteiger partial charge in [0.2, 0.25) is 0 Å². The average molecular weight is 296 g/mol. The van der Waals surface area contributed by atoms with Gasteiger partial charge in [0.15, 0.2) is 5.69 Å². The summed E-state index contributed by atoms with van der Waals surface area (Å²) in [6.45, 7) is 0.117. The fraction of sp³-hybridized carbons (Fsp3) is 0.643. The van der Waals surface area contributed by atoms with Crippen molar-refractivity contribution in [1.29, 1.82) is 0 Å². The number of methoxy groups -OCH3 is 1. The minimum atomic E-state index is -1.06. The zero-order valence-corrected chi connectivity index (χ0v) is 12.1. The Balaban J connectivity index is 2.19. The van der Waals surface area contributed by atoms with Crippen molar-refractivity contribution in [2.75, 3.05) is 26.8 Å². The third kappa shape index (κ3) is 3.81. The van der Waals surface area contributed by atoms with E-state index in [4.69, 9.17) is 14.4 Å². The first-order chi connectivity index (χ1) is 10.1. The number of rotatable bonds is 6. The molecule has 1 aliphatic rings. The lowest BCUT2D eigenvalue weighted by Crippen LogP contribution is -2.38. The van der Waals surface area contributed by atoms with Gasteiger partial charge in [-0.15, -0.1) is 0 Å². The summed E-state index contributed by atoms with van der Waals surface area (Å²) in [4.78, 5) is 24.7. The van der Waals surface area contributed by atoms with Gasteiger partial charge < -0.3 is 19.3 Å². The number of carboxylic acids is 1. The van der Waals surface area contributed by atoms with Crippen LogP contribution in [0.15, 0.2) is 4.52 Å². The fourth-order valence-electron chi connectivity index (χ4n) is 2.50. The molecule has 0 aromatic carbocycles.